The van der Waals surface area contributed by atoms with Crippen molar-refractivity contribution < 1.29 is 13.2 Å². The fraction of sp³-hybridized carbons (Fsp3) is 0.632. The SMILES string of the molecule is Cc1cccc(CN2CCCN(CC(=O)NC3CCCCC3)S2(=O)=O)c1. The molecule has 6 nitrogen and oxygen atoms in total. The summed E-state index contributed by atoms with van der Waals surface area (Å²) in [6.45, 7) is 3.17. The molecule has 0 unspecified atom stereocenters. The Bertz CT molecular complexity index is 729. The molecule has 144 valence electrons. The number of nitrogens with zero attached hydrogens (tertiary/aromatic N) is 2. The number of hydrogen-bond donors (Lipinski definition) is 1. The van der Waals surface area contributed by atoms with E-state index >= 15 is 0 Å². The Hall–Kier alpha value is -1.44. The van der Waals surface area contributed by atoms with E-state index in [-0.39, 0.29) is 18.5 Å². The van der Waals surface area contributed by atoms with Gasteiger partial charge in [-0.25, -0.2) is 0 Å². The molecule has 1 N–H and O–H groups in total. The van der Waals surface area contributed by atoms with Crippen molar-refractivity contribution in [2.45, 2.75) is 58.0 Å². The normalized spacial score (nSPS) is 22.2. The lowest BCUT2D eigenvalue weighted by atomic mass is 9.95. The highest BCUT2D eigenvalue weighted by Crippen LogP contribution is 2.20. The molecule has 1 saturated heterocycles. The Labute approximate surface area is 156 Å². The Balaban J connectivity index is 1.61. The quantitative estimate of drug-likeness (QED) is 0.853. The molecule has 1 aliphatic heterocycles. The lowest BCUT2D eigenvalue weighted by Crippen LogP contribution is -2.53. The number of carbonyl (C=O) groups excluding carboxylic acids is 1. The second-order valence-corrected chi connectivity index (χ2v) is 9.35. The van der Waals surface area contributed by atoms with E-state index in [4.69, 9.17) is 0 Å². The van der Waals surface area contributed by atoms with Gasteiger partial charge in [-0.1, -0.05) is 49.1 Å². The summed E-state index contributed by atoms with van der Waals surface area (Å²) in [7, 11) is -3.61. The molecule has 1 aromatic carbocycles. The zero-order valence-corrected chi connectivity index (χ0v) is 16.3. The number of amides is 1. The van der Waals surface area contributed by atoms with Gasteiger partial charge in [-0.3, -0.25) is 4.79 Å². The fourth-order valence-corrected chi connectivity index (χ4v) is 5.47. The lowest BCUT2D eigenvalue weighted by Gasteiger charge is -2.34. The lowest BCUT2D eigenvalue weighted by molar-refractivity contribution is -0.122. The van der Waals surface area contributed by atoms with Crippen molar-refractivity contribution in [3.8, 4) is 0 Å². The Morgan fingerprint density at radius 2 is 1.85 bits per heavy atom. The van der Waals surface area contributed by atoms with Crippen molar-refractivity contribution in [1.82, 2.24) is 13.9 Å². The minimum Gasteiger partial charge on any atom is -0.352 e. The standard InChI is InChI=1S/C19H29N3O3S/c1-16-7-5-8-17(13-16)14-21-11-6-12-22(26(21,24)25)15-19(23)20-18-9-3-2-4-10-18/h5,7-8,13,18H,2-4,6,9-12,14-15H2,1H3,(H,20,23). The van der Waals surface area contributed by atoms with Gasteiger partial charge in [-0.2, -0.15) is 17.0 Å². The zero-order chi connectivity index (χ0) is 18.6. The first-order chi connectivity index (χ1) is 12.4. The maximum absolute atomic E-state index is 12.9. The Morgan fingerprint density at radius 1 is 1.12 bits per heavy atom. The van der Waals surface area contributed by atoms with E-state index in [1.807, 2.05) is 31.2 Å². The molecule has 2 fully saturated rings. The monoisotopic (exact) mass is 379 g/mol. The summed E-state index contributed by atoms with van der Waals surface area (Å²) in [6, 6.07) is 8.08. The van der Waals surface area contributed by atoms with E-state index in [0.717, 1.165) is 43.2 Å². The third-order valence-electron chi connectivity index (χ3n) is 5.20. The fourth-order valence-electron chi connectivity index (χ4n) is 3.83. The predicted octanol–water partition coefficient (Wildman–Crippen LogP) is 2.20. The summed E-state index contributed by atoms with van der Waals surface area (Å²) in [5.74, 6) is -0.183. The van der Waals surface area contributed by atoms with E-state index in [1.165, 1.54) is 15.0 Å². The predicted molar refractivity (Wildman–Crippen MR) is 102 cm³/mol. The van der Waals surface area contributed by atoms with Gasteiger partial charge in [0.1, 0.15) is 0 Å². The number of aryl methyl sites for hydroxylation is 1. The molecule has 3 rings (SSSR count). The molecule has 0 bridgehead atoms. The van der Waals surface area contributed by atoms with Crippen molar-refractivity contribution >= 4 is 16.1 Å². The third kappa shape index (κ3) is 4.84. The molecule has 2 aliphatic rings. The highest BCUT2D eigenvalue weighted by molar-refractivity contribution is 7.86. The van der Waals surface area contributed by atoms with Crippen LogP contribution in [0.1, 0.15) is 49.7 Å². The first kappa shape index (κ1) is 19.3. The number of benzene rings is 1. The van der Waals surface area contributed by atoms with Gasteiger partial charge in [0.25, 0.3) is 10.2 Å². The molecule has 7 heteroatoms. The Kier molecular flexibility index (Phi) is 6.32. The molecule has 1 amide bonds. The van der Waals surface area contributed by atoms with Crippen LogP contribution in [0, 0.1) is 6.92 Å². The number of rotatable bonds is 5. The van der Waals surface area contributed by atoms with Gasteiger partial charge >= 0.3 is 0 Å². The molecule has 26 heavy (non-hydrogen) atoms. The van der Waals surface area contributed by atoms with E-state index in [9.17, 15) is 13.2 Å². The van der Waals surface area contributed by atoms with Crippen molar-refractivity contribution in [3.05, 3.63) is 35.4 Å². The first-order valence-electron chi connectivity index (χ1n) is 9.55. The van der Waals surface area contributed by atoms with Crippen LogP contribution in [0.3, 0.4) is 0 Å². The van der Waals surface area contributed by atoms with Crippen LogP contribution in [0.4, 0.5) is 0 Å². The van der Waals surface area contributed by atoms with Crippen LogP contribution in [0.25, 0.3) is 0 Å². The summed E-state index contributed by atoms with van der Waals surface area (Å²) < 4.78 is 28.6. The molecule has 0 atom stereocenters. The molecular formula is C19H29N3O3S. The number of nitrogens with one attached hydrogen (secondary N) is 1. The van der Waals surface area contributed by atoms with Gasteiger partial charge in [-0.05, 0) is 31.7 Å². The van der Waals surface area contributed by atoms with Crippen LogP contribution in [0.2, 0.25) is 0 Å². The van der Waals surface area contributed by atoms with Gasteiger partial charge in [0.05, 0.1) is 6.54 Å². The van der Waals surface area contributed by atoms with Crippen LogP contribution in [0.15, 0.2) is 24.3 Å². The van der Waals surface area contributed by atoms with Crippen molar-refractivity contribution in [1.29, 1.82) is 0 Å². The smallest absolute Gasteiger partial charge is 0.282 e. The molecule has 1 saturated carbocycles. The van der Waals surface area contributed by atoms with E-state index in [1.54, 1.807) is 0 Å². The summed E-state index contributed by atoms with van der Waals surface area (Å²) in [4.78, 5) is 12.3. The van der Waals surface area contributed by atoms with Gasteiger partial charge < -0.3 is 5.32 Å². The van der Waals surface area contributed by atoms with Crippen LogP contribution in [-0.2, 0) is 21.5 Å². The first-order valence-corrected chi connectivity index (χ1v) is 10.9. The zero-order valence-electron chi connectivity index (χ0n) is 15.5. The second kappa shape index (κ2) is 8.50. The second-order valence-electron chi connectivity index (χ2n) is 7.42. The Morgan fingerprint density at radius 3 is 2.58 bits per heavy atom. The average molecular weight is 380 g/mol. The molecule has 1 aliphatic carbocycles. The molecule has 1 aromatic rings. The van der Waals surface area contributed by atoms with Crippen LogP contribution >= 0.6 is 0 Å². The molecule has 1 heterocycles. The third-order valence-corrected chi connectivity index (χ3v) is 7.13. The maximum Gasteiger partial charge on any atom is 0.282 e. The minimum atomic E-state index is -3.61. The van der Waals surface area contributed by atoms with E-state index in [2.05, 4.69) is 5.32 Å². The molecular weight excluding hydrogens is 350 g/mol. The van der Waals surface area contributed by atoms with Crippen molar-refractivity contribution in [2.24, 2.45) is 0 Å². The van der Waals surface area contributed by atoms with Gasteiger partial charge in [0.15, 0.2) is 0 Å². The molecule has 0 aromatic heterocycles. The van der Waals surface area contributed by atoms with E-state index < -0.39 is 10.2 Å². The van der Waals surface area contributed by atoms with Gasteiger partial charge in [-0.15, -0.1) is 0 Å². The highest BCUT2D eigenvalue weighted by Gasteiger charge is 2.35. The number of carbonyl (C=O) groups is 1. The van der Waals surface area contributed by atoms with Crippen LogP contribution in [-0.4, -0.2) is 48.6 Å². The summed E-state index contributed by atoms with van der Waals surface area (Å²) in [6.07, 6.45) is 6.23. The average Bonchev–Trinajstić information content (AvgIpc) is 2.59. The van der Waals surface area contributed by atoms with Crippen molar-refractivity contribution in [3.63, 3.8) is 0 Å². The topological polar surface area (TPSA) is 69.7 Å². The maximum atomic E-state index is 12.9. The molecule has 0 spiro atoms. The van der Waals surface area contributed by atoms with Gasteiger partial charge in [0, 0.05) is 25.7 Å². The number of hydrogen-bond acceptors (Lipinski definition) is 3. The minimum absolute atomic E-state index is 0.0802. The van der Waals surface area contributed by atoms with Crippen LogP contribution < -0.4 is 5.32 Å². The van der Waals surface area contributed by atoms with Crippen LogP contribution in [0.5, 0.6) is 0 Å². The van der Waals surface area contributed by atoms with Crippen molar-refractivity contribution in [2.75, 3.05) is 19.6 Å². The molecule has 0 radical (unpaired) electrons. The highest BCUT2D eigenvalue weighted by atomic mass is 32.2. The van der Waals surface area contributed by atoms with Gasteiger partial charge in [0.2, 0.25) is 5.91 Å². The largest absolute Gasteiger partial charge is 0.352 e. The van der Waals surface area contributed by atoms with E-state index in [0.29, 0.717) is 19.6 Å². The summed E-state index contributed by atoms with van der Waals surface area (Å²) in [5.41, 5.74) is 2.09. The summed E-state index contributed by atoms with van der Waals surface area (Å²) >= 11 is 0. The summed E-state index contributed by atoms with van der Waals surface area (Å²) in [5, 5.41) is 3.01.